The number of hydrogen-bond acceptors (Lipinski definition) is 5. The molecule has 0 aliphatic heterocycles. The molecule has 0 heterocycles. The van der Waals surface area contributed by atoms with Crippen LogP contribution in [0, 0.1) is 35.0 Å². The van der Waals surface area contributed by atoms with Crippen molar-refractivity contribution in [3.63, 3.8) is 0 Å². The highest BCUT2D eigenvalue weighted by Gasteiger charge is 2.82. The summed E-state index contributed by atoms with van der Waals surface area (Å²) in [6, 6.07) is 0. The number of carbonyl (C=O) groups is 2. The SMILES string of the molecule is CCCCCCCCCCCCCC(=O)O[C@@]12C[C@@H](C)[C@]3(O)C4C=C(C)C(=O)C4CC(CO)=CC3[C@@H]1C2(C)C. The van der Waals surface area contributed by atoms with Crippen LogP contribution in [0.5, 0.6) is 0 Å². The molecule has 2 N–H and O–H groups in total. The Labute approximate surface area is 236 Å². The Morgan fingerprint density at radius 3 is 2.15 bits per heavy atom. The van der Waals surface area contributed by atoms with Gasteiger partial charge in [-0.05, 0) is 43.3 Å². The largest absolute Gasteiger partial charge is 0.458 e. The van der Waals surface area contributed by atoms with Gasteiger partial charge in [0.1, 0.15) is 5.60 Å². The van der Waals surface area contributed by atoms with Crippen molar-refractivity contribution in [1.29, 1.82) is 0 Å². The molecule has 2 saturated carbocycles. The first-order chi connectivity index (χ1) is 18.5. The Balaban J connectivity index is 1.34. The van der Waals surface area contributed by atoms with Gasteiger partial charge < -0.3 is 14.9 Å². The number of aliphatic hydroxyl groups excluding tert-OH is 1. The molecular weight excluding hydrogens is 488 g/mol. The zero-order chi connectivity index (χ0) is 28.4. The fourth-order valence-electron chi connectivity index (χ4n) is 8.72. The minimum absolute atomic E-state index is 0.0304. The molecule has 0 aromatic rings. The number of Topliss-reactive ketones (excluding diaryl/α,β-unsaturated/α-hetero) is 1. The predicted octanol–water partition coefficient (Wildman–Crippen LogP) is 7.10. The highest BCUT2D eigenvalue weighted by atomic mass is 16.6. The lowest BCUT2D eigenvalue weighted by atomic mass is 9.61. The number of fused-ring (bicyclic) bond motifs is 5. The van der Waals surface area contributed by atoms with Crippen molar-refractivity contribution in [3.8, 4) is 0 Å². The second-order valence-corrected chi connectivity index (χ2v) is 13.9. The maximum atomic E-state index is 13.1. The number of hydrogen-bond donors (Lipinski definition) is 2. The molecule has 0 amide bonds. The summed E-state index contributed by atoms with van der Waals surface area (Å²) in [5, 5.41) is 22.5. The summed E-state index contributed by atoms with van der Waals surface area (Å²) in [5.41, 5.74) is -0.439. The zero-order valence-corrected chi connectivity index (χ0v) is 25.3. The monoisotopic (exact) mass is 542 g/mol. The van der Waals surface area contributed by atoms with E-state index in [9.17, 15) is 19.8 Å². The third-order valence-electron chi connectivity index (χ3n) is 11.1. The molecule has 4 aliphatic rings. The fraction of sp³-hybridized carbons (Fsp3) is 0.824. The van der Waals surface area contributed by atoms with Crippen molar-refractivity contribution in [2.45, 2.75) is 136 Å². The van der Waals surface area contributed by atoms with E-state index in [-0.39, 0.29) is 53.4 Å². The molecule has 4 aliphatic carbocycles. The van der Waals surface area contributed by atoms with Crippen molar-refractivity contribution in [1.82, 2.24) is 0 Å². The van der Waals surface area contributed by atoms with Crippen LogP contribution in [0.1, 0.15) is 125 Å². The van der Waals surface area contributed by atoms with Crippen LogP contribution < -0.4 is 0 Å². The molecule has 4 rings (SSSR count). The van der Waals surface area contributed by atoms with Gasteiger partial charge in [0, 0.05) is 35.5 Å². The Kier molecular flexibility index (Phi) is 9.53. The van der Waals surface area contributed by atoms with E-state index in [1.807, 2.05) is 19.1 Å². The molecule has 0 aromatic heterocycles. The molecule has 220 valence electrons. The van der Waals surface area contributed by atoms with Gasteiger partial charge in [0.2, 0.25) is 0 Å². The van der Waals surface area contributed by atoms with Gasteiger partial charge in [-0.25, -0.2) is 0 Å². The van der Waals surface area contributed by atoms with Crippen LogP contribution >= 0.6 is 0 Å². The van der Waals surface area contributed by atoms with Crippen molar-refractivity contribution in [2.24, 2.45) is 35.0 Å². The molecule has 2 fully saturated rings. The van der Waals surface area contributed by atoms with E-state index >= 15 is 0 Å². The number of aliphatic hydroxyl groups is 2. The molecule has 0 saturated heterocycles. The topological polar surface area (TPSA) is 83.8 Å². The molecule has 0 spiro atoms. The van der Waals surface area contributed by atoms with Crippen LogP contribution in [0.4, 0.5) is 0 Å². The summed E-state index contributed by atoms with van der Waals surface area (Å²) in [7, 11) is 0. The summed E-state index contributed by atoms with van der Waals surface area (Å²) in [6.07, 6.45) is 19.3. The number of esters is 1. The van der Waals surface area contributed by atoms with Crippen LogP contribution in [-0.4, -0.2) is 39.8 Å². The van der Waals surface area contributed by atoms with Gasteiger partial charge in [-0.1, -0.05) is 104 Å². The van der Waals surface area contributed by atoms with E-state index in [1.165, 1.54) is 57.8 Å². The highest BCUT2D eigenvalue weighted by Crippen LogP contribution is 2.76. The normalized spacial score (nSPS) is 36.3. The quantitative estimate of drug-likeness (QED) is 0.139. The third-order valence-corrected chi connectivity index (χ3v) is 11.1. The van der Waals surface area contributed by atoms with Gasteiger partial charge in [-0.15, -0.1) is 0 Å². The summed E-state index contributed by atoms with van der Waals surface area (Å²) in [6.45, 7) is 10.3. The van der Waals surface area contributed by atoms with Gasteiger partial charge in [-0.2, -0.15) is 0 Å². The van der Waals surface area contributed by atoms with E-state index in [0.717, 1.165) is 18.4 Å². The van der Waals surface area contributed by atoms with Gasteiger partial charge in [0.05, 0.1) is 12.2 Å². The smallest absolute Gasteiger partial charge is 0.306 e. The lowest BCUT2D eigenvalue weighted by Crippen LogP contribution is -2.56. The molecule has 39 heavy (non-hydrogen) atoms. The van der Waals surface area contributed by atoms with Crippen molar-refractivity contribution >= 4 is 11.8 Å². The maximum absolute atomic E-state index is 13.1. The number of rotatable bonds is 14. The van der Waals surface area contributed by atoms with Crippen LogP contribution in [0.3, 0.4) is 0 Å². The van der Waals surface area contributed by atoms with Crippen LogP contribution in [0.25, 0.3) is 0 Å². The minimum Gasteiger partial charge on any atom is -0.458 e. The van der Waals surface area contributed by atoms with E-state index in [4.69, 9.17) is 4.74 Å². The Morgan fingerprint density at radius 1 is 0.974 bits per heavy atom. The molecule has 0 radical (unpaired) electrons. The number of allylic oxidation sites excluding steroid dienone is 1. The second kappa shape index (κ2) is 12.2. The van der Waals surface area contributed by atoms with Crippen molar-refractivity contribution in [2.75, 3.05) is 6.61 Å². The number of ether oxygens (including phenoxy) is 1. The van der Waals surface area contributed by atoms with Crippen LogP contribution in [0.15, 0.2) is 23.3 Å². The van der Waals surface area contributed by atoms with Gasteiger partial charge in [0.25, 0.3) is 0 Å². The summed E-state index contributed by atoms with van der Waals surface area (Å²) >= 11 is 0. The predicted molar refractivity (Wildman–Crippen MR) is 155 cm³/mol. The molecule has 5 nitrogen and oxygen atoms in total. The summed E-state index contributed by atoms with van der Waals surface area (Å²) < 4.78 is 6.36. The summed E-state index contributed by atoms with van der Waals surface area (Å²) in [4.78, 5) is 26.1. The Bertz CT molecular complexity index is 963. The fourth-order valence-corrected chi connectivity index (χ4v) is 8.72. The second-order valence-electron chi connectivity index (χ2n) is 13.9. The van der Waals surface area contributed by atoms with Gasteiger partial charge in [0.15, 0.2) is 5.78 Å². The first kappa shape index (κ1) is 30.5. The average molecular weight is 543 g/mol. The standard InChI is InChI=1S/C34H54O5/c1-6-7-8-9-10-11-12-13-14-15-16-17-29(36)39-33-21-24(3)34(38)27-18-23(2)30(37)26(27)19-25(22-35)20-28(34)31(33)32(33,4)5/h18,20,24,26-28,31,35,38H,6-17,19,21-22H2,1-5H3/t24-,26?,27?,28?,31-,33+,34+/m1/s1. The molecule has 3 unspecified atom stereocenters. The number of ketones is 1. The molecule has 0 aromatic carbocycles. The first-order valence-corrected chi connectivity index (χ1v) is 16.0. The van der Waals surface area contributed by atoms with Gasteiger partial charge in [-0.3, -0.25) is 9.59 Å². The molecule has 7 atom stereocenters. The van der Waals surface area contributed by atoms with E-state index in [2.05, 4.69) is 27.7 Å². The van der Waals surface area contributed by atoms with Crippen molar-refractivity contribution in [3.05, 3.63) is 23.3 Å². The van der Waals surface area contributed by atoms with E-state index in [1.54, 1.807) is 0 Å². The lowest BCUT2D eigenvalue weighted by Gasteiger charge is -2.49. The molecule has 5 heteroatoms. The zero-order valence-electron chi connectivity index (χ0n) is 25.3. The molecule has 0 bridgehead atoms. The van der Waals surface area contributed by atoms with E-state index < -0.39 is 11.2 Å². The summed E-state index contributed by atoms with van der Waals surface area (Å²) in [5.74, 6) is -1.07. The molecular formula is C34H54O5. The first-order valence-electron chi connectivity index (χ1n) is 16.0. The Morgan fingerprint density at radius 2 is 1.56 bits per heavy atom. The van der Waals surface area contributed by atoms with Gasteiger partial charge >= 0.3 is 5.97 Å². The van der Waals surface area contributed by atoms with Crippen LogP contribution in [0.2, 0.25) is 0 Å². The third kappa shape index (κ3) is 5.56. The van der Waals surface area contributed by atoms with Crippen LogP contribution in [-0.2, 0) is 14.3 Å². The minimum atomic E-state index is -1.10. The average Bonchev–Trinajstić information content (AvgIpc) is 3.26. The van der Waals surface area contributed by atoms with E-state index in [0.29, 0.717) is 24.8 Å². The number of carbonyl (C=O) groups excluding carboxylic acids is 2. The van der Waals surface area contributed by atoms with Crippen molar-refractivity contribution < 1.29 is 24.5 Å². The Hall–Kier alpha value is -1.46. The highest BCUT2D eigenvalue weighted by molar-refractivity contribution is 5.99. The number of unbranched alkanes of at least 4 members (excludes halogenated alkanes) is 10. The maximum Gasteiger partial charge on any atom is 0.306 e. The lowest BCUT2D eigenvalue weighted by molar-refractivity contribution is -0.173.